The van der Waals surface area contributed by atoms with Crippen molar-refractivity contribution in [3.8, 4) is 5.75 Å². The van der Waals surface area contributed by atoms with E-state index in [2.05, 4.69) is 10.2 Å². The number of amides is 1. The SMILES string of the molecule is CN(C)S(=O)(=O)c1ccc(N2CCCCC2)c(C(=O)N[C@H]2CCOc3ccccc32)c1. The second-order valence-corrected chi connectivity index (χ2v) is 10.4. The van der Waals surface area contributed by atoms with Gasteiger partial charge in [0, 0.05) is 44.9 Å². The molecule has 2 aliphatic rings. The van der Waals surface area contributed by atoms with Gasteiger partial charge in [-0.1, -0.05) is 18.2 Å². The molecule has 2 aromatic rings. The summed E-state index contributed by atoms with van der Waals surface area (Å²) in [4.78, 5) is 15.8. The van der Waals surface area contributed by atoms with Crippen LogP contribution in [0.25, 0.3) is 0 Å². The Morgan fingerprint density at radius 2 is 1.84 bits per heavy atom. The van der Waals surface area contributed by atoms with Gasteiger partial charge in [-0.25, -0.2) is 12.7 Å². The molecule has 0 spiro atoms. The normalized spacial score (nSPS) is 18.9. The van der Waals surface area contributed by atoms with Crippen molar-refractivity contribution in [2.45, 2.75) is 36.6 Å². The van der Waals surface area contributed by atoms with Crippen molar-refractivity contribution < 1.29 is 17.9 Å². The highest BCUT2D eigenvalue weighted by Crippen LogP contribution is 2.33. The summed E-state index contributed by atoms with van der Waals surface area (Å²) in [5.41, 5.74) is 2.13. The zero-order valence-electron chi connectivity index (χ0n) is 18.0. The molecule has 31 heavy (non-hydrogen) atoms. The smallest absolute Gasteiger partial charge is 0.253 e. The van der Waals surface area contributed by atoms with Crippen LogP contribution in [0.5, 0.6) is 5.75 Å². The van der Waals surface area contributed by atoms with Gasteiger partial charge in [-0.15, -0.1) is 0 Å². The molecule has 7 nitrogen and oxygen atoms in total. The molecule has 1 N–H and O–H groups in total. The van der Waals surface area contributed by atoms with Gasteiger partial charge in [-0.3, -0.25) is 4.79 Å². The minimum absolute atomic E-state index is 0.121. The second kappa shape index (κ2) is 8.88. The number of nitrogens with one attached hydrogen (secondary N) is 1. The highest BCUT2D eigenvalue weighted by Gasteiger charge is 2.27. The Balaban J connectivity index is 1.70. The number of rotatable bonds is 5. The van der Waals surface area contributed by atoms with Crippen LogP contribution >= 0.6 is 0 Å². The standard InChI is InChI=1S/C23H29N3O4S/c1-25(2)31(28,29)17-10-11-21(26-13-6-3-7-14-26)19(16-17)23(27)24-20-12-15-30-22-9-5-4-8-18(20)22/h4-5,8-11,16,20H,3,6-7,12-15H2,1-2H3,(H,24,27)/t20-/m0/s1. The summed E-state index contributed by atoms with van der Waals surface area (Å²) in [7, 11) is -0.662. The number of anilines is 1. The average molecular weight is 444 g/mol. The summed E-state index contributed by atoms with van der Waals surface area (Å²) in [6.45, 7) is 2.25. The maximum atomic E-state index is 13.4. The van der Waals surface area contributed by atoms with Crippen molar-refractivity contribution in [2.75, 3.05) is 38.7 Å². The van der Waals surface area contributed by atoms with E-state index in [0.717, 1.165) is 42.9 Å². The topological polar surface area (TPSA) is 79.0 Å². The molecule has 2 aliphatic heterocycles. The van der Waals surface area contributed by atoms with Crippen molar-refractivity contribution in [3.63, 3.8) is 0 Å². The Hall–Kier alpha value is -2.58. The van der Waals surface area contributed by atoms with E-state index in [1.807, 2.05) is 24.3 Å². The number of piperidine rings is 1. The maximum absolute atomic E-state index is 13.4. The number of fused-ring (bicyclic) bond motifs is 1. The first-order chi connectivity index (χ1) is 14.9. The first-order valence-electron chi connectivity index (χ1n) is 10.7. The van der Waals surface area contributed by atoms with Crippen LogP contribution in [0, 0.1) is 0 Å². The number of sulfonamides is 1. The zero-order valence-corrected chi connectivity index (χ0v) is 18.8. The molecular formula is C23H29N3O4S. The molecule has 0 aliphatic carbocycles. The number of benzene rings is 2. The molecule has 0 aromatic heterocycles. The summed E-state index contributed by atoms with van der Waals surface area (Å²) in [6.07, 6.45) is 3.96. The Labute approximate surface area is 184 Å². The molecule has 0 saturated carbocycles. The van der Waals surface area contributed by atoms with Gasteiger partial charge in [0.1, 0.15) is 5.75 Å². The average Bonchev–Trinajstić information content (AvgIpc) is 2.79. The van der Waals surface area contributed by atoms with E-state index < -0.39 is 10.0 Å². The van der Waals surface area contributed by atoms with Gasteiger partial charge < -0.3 is 15.0 Å². The molecule has 2 aromatic carbocycles. The lowest BCUT2D eigenvalue weighted by Gasteiger charge is -2.31. The van der Waals surface area contributed by atoms with Crippen molar-refractivity contribution in [3.05, 3.63) is 53.6 Å². The third kappa shape index (κ3) is 4.41. The van der Waals surface area contributed by atoms with Crippen LogP contribution in [0.4, 0.5) is 5.69 Å². The molecule has 2 heterocycles. The molecule has 1 amide bonds. The maximum Gasteiger partial charge on any atom is 0.253 e. The van der Waals surface area contributed by atoms with Crippen LogP contribution < -0.4 is 15.0 Å². The number of nitrogens with zero attached hydrogens (tertiary/aromatic N) is 2. The van der Waals surface area contributed by atoms with Gasteiger partial charge >= 0.3 is 0 Å². The van der Waals surface area contributed by atoms with Crippen LogP contribution in [-0.4, -0.2) is 52.4 Å². The largest absolute Gasteiger partial charge is 0.493 e. The monoisotopic (exact) mass is 443 g/mol. The van der Waals surface area contributed by atoms with Gasteiger partial charge in [-0.05, 0) is 43.5 Å². The number of para-hydroxylation sites is 1. The molecule has 1 atom stereocenters. The summed E-state index contributed by atoms with van der Waals surface area (Å²) in [5.74, 6) is 0.511. The third-order valence-corrected chi connectivity index (χ3v) is 7.76. The predicted molar refractivity (Wildman–Crippen MR) is 120 cm³/mol. The minimum Gasteiger partial charge on any atom is -0.493 e. The number of ether oxygens (including phenoxy) is 1. The molecule has 8 heteroatoms. The number of carbonyl (C=O) groups excluding carboxylic acids is 1. The van der Waals surface area contributed by atoms with E-state index in [-0.39, 0.29) is 16.8 Å². The second-order valence-electron chi connectivity index (χ2n) is 8.22. The Morgan fingerprint density at radius 1 is 1.10 bits per heavy atom. The van der Waals surface area contributed by atoms with E-state index in [1.165, 1.54) is 30.9 Å². The zero-order chi connectivity index (χ0) is 22.0. The lowest BCUT2D eigenvalue weighted by molar-refractivity contribution is 0.0925. The van der Waals surface area contributed by atoms with Crippen LogP contribution in [0.1, 0.15) is 47.6 Å². The molecule has 166 valence electrons. The first-order valence-corrected chi connectivity index (χ1v) is 12.2. The minimum atomic E-state index is -3.65. The van der Waals surface area contributed by atoms with Gasteiger partial charge in [0.05, 0.1) is 23.1 Å². The van der Waals surface area contributed by atoms with E-state index in [1.54, 1.807) is 12.1 Å². The van der Waals surface area contributed by atoms with E-state index in [9.17, 15) is 13.2 Å². The van der Waals surface area contributed by atoms with Gasteiger partial charge in [0.2, 0.25) is 10.0 Å². The van der Waals surface area contributed by atoms with Gasteiger partial charge in [-0.2, -0.15) is 0 Å². The number of carbonyl (C=O) groups is 1. The lowest BCUT2D eigenvalue weighted by atomic mass is 9.99. The Morgan fingerprint density at radius 3 is 2.58 bits per heavy atom. The quantitative estimate of drug-likeness (QED) is 0.768. The van der Waals surface area contributed by atoms with E-state index >= 15 is 0 Å². The number of hydrogen-bond acceptors (Lipinski definition) is 5. The number of hydrogen-bond donors (Lipinski definition) is 1. The predicted octanol–water partition coefficient (Wildman–Crippen LogP) is 3.18. The lowest BCUT2D eigenvalue weighted by Crippen LogP contribution is -2.35. The van der Waals surface area contributed by atoms with E-state index in [4.69, 9.17) is 4.74 Å². The molecule has 0 unspecified atom stereocenters. The Bertz CT molecular complexity index is 1060. The fraction of sp³-hybridized carbons (Fsp3) is 0.435. The molecule has 0 radical (unpaired) electrons. The van der Waals surface area contributed by atoms with Crippen LogP contribution in [0.3, 0.4) is 0 Å². The van der Waals surface area contributed by atoms with Gasteiger partial charge in [0.25, 0.3) is 5.91 Å². The van der Waals surface area contributed by atoms with Crippen molar-refractivity contribution in [1.29, 1.82) is 0 Å². The summed E-state index contributed by atoms with van der Waals surface area (Å²) in [6, 6.07) is 12.4. The molecule has 0 bridgehead atoms. The fourth-order valence-electron chi connectivity index (χ4n) is 4.21. The summed E-state index contributed by atoms with van der Waals surface area (Å²) in [5, 5.41) is 3.12. The van der Waals surface area contributed by atoms with Crippen molar-refractivity contribution in [2.24, 2.45) is 0 Å². The van der Waals surface area contributed by atoms with Crippen LogP contribution in [0.2, 0.25) is 0 Å². The van der Waals surface area contributed by atoms with Gasteiger partial charge in [0.15, 0.2) is 0 Å². The molecule has 1 saturated heterocycles. The molecule has 1 fully saturated rings. The highest BCUT2D eigenvalue weighted by molar-refractivity contribution is 7.89. The van der Waals surface area contributed by atoms with Crippen LogP contribution in [-0.2, 0) is 10.0 Å². The third-order valence-electron chi connectivity index (χ3n) is 5.95. The first kappa shape index (κ1) is 21.6. The molecule has 4 rings (SSSR count). The van der Waals surface area contributed by atoms with Crippen molar-refractivity contribution in [1.82, 2.24) is 9.62 Å². The van der Waals surface area contributed by atoms with Crippen molar-refractivity contribution >= 4 is 21.6 Å². The summed E-state index contributed by atoms with van der Waals surface area (Å²) >= 11 is 0. The Kier molecular flexibility index (Phi) is 6.20. The summed E-state index contributed by atoms with van der Waals surface area (Å²) < 4.78 is 32.3. The fourth-order valence-corrected chi connectivity index (χ4v) is 5.14. The highest BCUT2D eigenvalue weighted by atomic mass is 32.2. The molecular weight excluding hydrogens is 414 g/mol. The van der Waals surface area contributed by atoms with Crippen LogP contribution in [0.15, 0.2) is 47.4 Å². The van der Waals surface area contributed by atoms with E-state index in [0.29, 0.717) is 18.6 Å².